The molecule has 0 unspecified atom stereocenters. The molecule has 0 spiro atoms. The zero-order valence-electron chi connectivity index (χ0n) is 10.8. The fourth-order valence-electron chi connectivity index (χ4n) is 2.31. The zero-order valence-corrected chi connectivity index (χ0v) is 10.8. The van der Waals surface area contributed by atoms with Crippen molar-refractivity contribution in [2.24, 2.45) is 7.05 Å². The van der Waals surface area contributed by atoms with Crippen molar-refractivity contribution in [2.75, 3.05) is 5.32 Å². The number of hydrogen-bond acceptors (Lipinski definition) is 2. The fraction of sp³-hybridized carbons (Fsp3) is 0.125. The lowest BCUT2D eigenvalue weighted by molar-refractivity contribution is 0.481. The van der Waals surface area contributed by atoms with Gasteiger partial charge >= 0.3 is 0 Å². The van der Waals surface area contributed by atoms with Crippen LogP contribution in [0.3, 0.4) is 0 Å². The molecule has 1 heterocycles. The Labute approximate surface area is 112 Å². The highest BCUT2D eigenvalue weighted by atomic mass is 16.3. The number of fused-ring (bicyclic) bond motifs is 1. The van der Waals surface area contributed by atoms with Crippen molar-refractivity contribution in [3.63, 3.8) is 0 Å². The molecule has 3 aromatic rings. The van der Waals surface area contributed by atoms with E-state index in [-0.39, 0.29) is 0 Å². The van der Waals surface area contributed by atoms with Gasteiger partial charge in [0, 0.05) is 35.4 Å². The third-order valence-electron chi connectivity index (χ3n) is 3.41. The number of aromatic nitrogens is 1. The van der Waals surface area contributed by atoms with Crippen LogP contribution in [0, 0.1) is 0 Å². The van der Waals surface area contributed by atoms with Crippen LogP contribution in [0.25, 0.3) is 10.8 Å². The van der Waals surface area contributed by atoms with Crippen LogP contribution >= 0.6 is 0 Å². The Morgan fingerprint density at radius 3 is 2.58 bits per heavy atom. The molecule has 3 rings (SSSR count). The van der Waals surface area contributed by atoms with Crippen LogP contribution in [0.15, 0.2) is 54.7 Å². The lowest BCUT2D eigenvalue weighted by Gasteiger charge is -2.11. The normalized spacial score (nSPS) is 10.8. The van der Waals surface area contributed by atoms with Crippen LogP contribution in [-0.2, 0) is 13.6 Å². The van der Waals surface area contributed by atoms with Crippen molar-refractivity contribution in [3.8, 4) is 5.75 Å². The summed E-state index contributed by atoms with van der Waals surface area (Å²) in [5.41, 5.74) is 2.26. The maximum absolute atomic E-state index is 9.86. The van der Waals surface area contributed by atoms with Gasteiger partial charge in [-0.3, -0.25) is 0 Å². The summed E-state index contributed by atoms with van der Waals surface area (Å²) in [7, 11) is 2.03. The molecule has 3 nitrogen and oxygen atoms in total. The summed E-state index contributed by atoms with van der Waals surface area (Å²) in [6.45, 7) is 0.762. The molecule has 2 N–H and O–H groups in total. The maximum Gasteiger partial charge on any atom is 0.123 e. The van der Waals surface area contributed by atoms with Crippen LogP contribution in [0.5, 0.6) is 5.75 Å². The second-order valence-corrected chi connectivity index (χ2v) is 4.64. The highest BCUT2D eigenvalue weighted by molar-refractivity contribution is 5.97. The van der Waals surface area contributed by atoms with Gasteiger partial charge in [-0.1, -0.05) is 24.3 Å². The zero-order chi connectivity index (χ0) is 13.2. The Balaban J connectivity index is 1.93. The Hall–Kier alpha value is -2.42. The van der Waals surface area contributed by atoms with E-state index in [2.05, 4.69) is 16.0 Å². The minimum atomic E-state index is 0.319. The van der Waals surface area contributed by atoms with Gasteiger partial charge in [0.25, 0.3) is 0 Å². The summed E-state index contributed by atoms with van der Waals surface area (Å²) in [4.78, 5) is 0. The fourth-order valence-corrected chi connectivity index (χ4v) is 2.31. The molecule has 96 valence electrons. The first-order chi connectivity index (χ1) is 9.25. The van der Waals surface area contributed by atoms with E-state index in [1.165, 1.54) is 5.69 Å². The predicted octanol–water partition coefficient (Wildman–Crippen LogP) is 3.50. The number of nitrogens with zero attached hydrogens (tertiary/aromatic N) is 1. The molecular weight excluding hydrogens is 236 g/mol. The molecule has 1 aromatic heterocycles. The van der Waals surface area contributed by atoms with Gasteiger partial charge < -0.3 is 15.0 Å². The Bertz CT molecular complexity index is 716. The van der Waals surface area contributed by atoms with Gasteiger partial charge in [0.05, 0.1) is 6.54 Å². The quantitative estimate of drug-likeness (QED) is 0.748. The molecule has 2 aromatic carbocycles. The van der Waals surface area contributed by atoms with Gasteiger partial charge in [-0.15, -0.1) is 0 Å². The smallest absolute Gasteiger partial charge is 0.123 e. The SMILES string of the molecule is Cn1cccc1CNc1cccc2c(O)cccc12. The number of benzene rings is 2. The molecule has 0 atom stereocenters. The molecule has 0 aliphatic rings. The third kappa shape index (κ3) is 2.15. The minimum Gasteiger partial charge on any atom is -0.507 e. The number of phenolic OH excluding ortho intramolecular Hbond substituents is 1. The predicted molar refractivity (Wildman–Crippen MR) is 78.4 cm³/mol. The average Bonchev–Trinajstić information content (AvgIpc) is 2.82. The van der Waals surface area contributed by atoms with Gasteiger partial charge in [0.1, 0.15) is 5.75 Å². The molecule has 0 bridgehead atoms. The van der Waals surface area contributed by atoms with Crippen molar-refractivity contribution in [2.45, 2.75) is 6.54 Å². The third-order valence-corrected chi connectivity index (χ3v) is 3.41. The summed E-state index contributed by atoms with van der Waals surface area (Å²) in [5, 5.41) is 15.2. The number of aryl methyl sites for hydroxylation is 1. The number of anilines is 1. The van der Waals surface area contributed by atoms with Crippen LogP contribution < -0.4 is 5.32 Å². The van der Waals surface area contributed by atoms with Crippen molar-refractivity contribution >= 4 is 16.5 Å². The summed E-state index contributed by atoms with van der Waals surface area (Å²) >= 11 is 0. The Kier molecular flexibility index (Phi) is 2.88. The summed E-state index contributed by atoms with van der Waals surface area (Å²) < 4.78 is 2.09. The van der Waals surface area contributed by atoms with E-state index in [0.29, 0.717) is 5.75 Å². The van der Waals surface area contributed by atoms with E-state index >= 15 is 0 Å². The van der Waals surface area contributed by atoms with Gasteiger partial charge in [-0.2, -0.15) is 0 Å². The van der Waals surface area contributed by atoms with E-state index in [9.17, 15) is 5.11 Å². The Morgan fingerprint density at radius 2 is 1.79 bits per heavy atom. The van der Waals surface area contributed by atoms with E-state index in [1.54, 1.807) is 6.07 Å². The molecule has 0 aliphatic heterocycles. The van der Waals surface area contributed by atoms with Crippen LogP contribution in [0.4, 0.5) is 5.69 Å². The molecule has 3 heteroatoms. The molecule has 19 heavy (non-hydrogen) atoms. The first-order valence-corrected chi connectivity index (χ1v) is 6.30. The number of hydrogen-bond donors (Lipinski definition) is 2. The van der Waals surface area contributed by atoms with Gasteiger partial charge in [-0.05, 0) is 24.3 Å². The summed E-state index contributed by atoms with van der Waals surface area (Å²) in [6, 6.07) is 15.6. The molecule has 0 fully saturated rings. The van der Waals surface area contributed by atoms with Crippen molar-refractivity contribution in [1.82, 2.24) is 4.57 Å². The number of nitrogens with one attached hydrogen (secondary N) is 1. The van der Waals surface area contributed by atoms with Crippen molar-refractivity contribution < 1.29 is 5.11 Å². The largest absolute Gasteiger partial charge is 0.507 e. The number of phenols is 1. The first kappa shape index (κ1) is 11.7. The van der Waals surface area contributed by atoms with E-state index in [4.69, 9.17) is 0 Å². The monoisotopic (exact) mass is 252 g/mol. The van der Waals surface area contributed by atoms with Crippen LogP contribution in [0.1, 0.15) is 5.69 Å². The van der Waals surface area contributed by atoms with E-state index in [0.717, 1.165) is 23.0 Å². The molecule has 0 saturated carbocycles. The van der Waals surface area contributed by atoms with Crippen LogP contribution in [-0.4, -0.2) is 9.67 Å². The topological polar surface area (TPSA) is 37.2 Å². The molecular formula is C16H16N2O. The van der Waals surface area contributed by atoms with Gasteiger partial charge in [-0.25, -0.2) is 0 Å². The van der Waals surface area contributed by atoms with Crippen molar-refractivity contribution in [3.05, 3.63) is 60.4 Å². The van der Waals surface area contributed by atoms with Gasteiger partial charge in [0.2, 0.25) is 0 Å². The first-order valence-electron chi connectivity index (χ1n) is 6.30. The van der Waals surface area contributed by atoms with E-state index < -0.39 is 0 Å². The number of rotatable bonds is 3. The molecule has 0 amide bonds. The lowest BCUT2D eigenvalue weighted by Crippen LogP contribution is -2.04. The average molecular weight is 252 g/mol. The second kappa shape index (κ2) is 4.69. The highest BCUT2D eigenvalue weighted by Crippen LogP contribution is 2.29. The van der Waals surface area contributed by atoms with Crippen LogP contribution in [0.2, 0.25) is 0 Å². The summed E-state index contributed by atoms with van der Waals surface area (Å²) in [5.74, 6) is 0.319. The molecule has 0 radical (unpaired) electrons. The summed E-state index contributed by atoms with van der Waals surface area (Å²) in [6.07, 6.45) is 2.03. The molecule has 0 aliphatic carbocycles. The highest BCUT2D eigenvalue weighted by Gasteiger charge is 2.04. The minimum absolute atomic E-state index is 0.319. The number of aromatic hydroxyl groups is 1. The Morgan fingerprint density at radius 1 is 1.00 bits per heavy atom. The van der Waals surface area contributed by atoms with E-state index in [1.807, 2.05) is 49.6 Å². The lowest BCUT2D eigenvalue weighted by atomic mass is 10.1. The van der Waals surface area contributed by atoms with Crippen molar-refractivity contribution in [1.29, 1.82) is 0 Å². The molecule has 0 saturated heterocycles. The maximum atomic E-state index is 9.86. The standard InChI is InChI=1S/C16H16N2O/c1-18-10-4-5-12(18)11-17-15-8-2-7-14-13(15)6-3-9-16(14)19/h2-10,17,19H,11H2,1H3. The second-order valence-electron chi connectivity index (χ2n) is 4.64. The van der Waals surface area contributed by atoms with Gasteiger partial charge in [0.15, 0.2) is 0 Å².